The minimum Gasteiger partial charge on any atom is -0.288 e. The molecule has 6 heteroatoms. The van der Waals surface area contributed by atoms with Crippen molar-refractivity contribution >= 4 is 0 Å². The van der Waals surface area contributed by atoms with Crippen LogP contribution in [0.3, 0.4) is 0 Å². The quantitative estimate of drug-likeness (QED) is 0.235. The van der Waals surface area contributed by atoms with Gasteiger partial charge in [0.05, 0.1) is 6.67 Å². The van der Waals surface area contributed by atoms with Gasteiger partial charge in [0.25, 0.3) is 0 Å². The third-order valence-corrected chi connectivity index (χ3v) is 4.14. The van der Waals surface area contributed by atoms with Crippen molar-refractivity contribution in [2.75, 3.05) is 33.9 Å². The van der Waals surface area contributed by atoms with Crippen LogP contribution in [0.15, 0.2) is 12.7 Å². The van der Waals surface area contributed by atoms with Crippen LogP contribution in [0.25, 0.3) is 0 Å². The standard InChI is InChI=1S/C14H32N6/c1-4-5-6-7-13(10-20(16)17-2)8-9-14-11-19(15)12-18(14)3/h4,13-14,17H,1,5-12,15-16H2,2-3H3. The number of nitrogens with two attached hydrogens (primary N) is 2. The lowest BCUT2D eigenvalue weighted by molar-refractivity contribution is 0.160. The van der Waals surface area contributed by atoms with E-state index < -0.39 is 0 Å². The lowest BCUT2D eigenvalue weighted by atomic mass is 9.94. The van der Waals surface area contributed by atoms with Gasteiger partial charge in [0, 0.05) is 26.2 Å². The van der Waals surface area contributed by atoms with E-state index in [4.69, 9.17) is 11.7 Å². The summed E-state index contributed by atoms with van der Waals surface area (Å²) in [5.41, 5.74) is 2.98. The molecule has 1 aliphatic heterocycles. The van der Waals surface area contributed by atoms with Crippen molar-refractivity contribution in [3.05, 3.63) is 12.7 Å². The van der Waals surface area contributed by atoms with Gasteiger partial charge in [0.2, 0.25) is 0 Å². The molecule has 0 aromatic heterocycles. The summed E-state index contributed by atoms with van der Waals surface area (Å²) >= 11 is 0. The Labute approximate surface area is 123 Å². The van der Waals surface area contributed by atoms with Crippen molar-refractivity contribution in [2.45, 2.75) is 38.1 Å². The number of unbranched alkanes of at least 4 members (excludes halogenated alkanes) is 1. The van der Waals surface area contributed by atoms with E-state index in [9.17, 15) is 0 Å². The number of hydrogen-bond acceptors (Lipinski definition) is 6. The highest BCUT2D eigenvalue weighted by molar-refractivity contribution is 4.79. The first-order valence-corrected chi connectivity index (χ1v) is 7.57. The van der Waals surface area contributed by atoms with Gasteiger partial charge < -0.3 is 0 Å². The van der Waals surface area contributed by atoms with Gasteiger partial charge in [-0.15, -0.1) is 6.58 Å². The highest BCUT2D eigenvalue weighted by atomic mass is 15.7. The Kier molecular flexibility index (Phi) is 8.28. The molecule has 6 nitrogen and oxygen atoms in total. The highest BCUT2D eigenvalue weighted by Gasteiger charge is 2.26. The molecule has 20 heavy (non-hydrogen) atoms. The normalized spacial score (nSPS) is 22.6. The molecule has 0 amide bonds. The van der Waals surface area contributed by atoms with Gasteiger partial charge in [-0.05, 0) is 45.1 Å². The molecule has 2 atom stereocenters. The zero-order valence-corrected chi connectivity index (χ0v) is 13.1. The average molecular weight is 284 g/mol. The summed E-state index contributed by atoms with van der Waals surface area (Å²) in [7, 11) is 4.00. The predicted octanol–water partition coefficient (Wildman–Crippen LogP) is 0.496. The zero-order valence-electron chi connectivity index (χ0n) is 13.1. The SMILES string of the molecule is C=CCCCC(CCC1CN(N)CN1C)CN(N)NC. The second-order valence-corrected chi connectivity index (χ2v) is 5.86. The fraction of sp³-hybridized carbons (Fsp3) is 0.857. The van der Waals surface area contributed by atoms with E-state index in [-0.39, 0.29) is 0 Å². The summed E-state index contributed by atoms with van der Waals surface area (Å²) in [6, 6.07) is 0.572. The number of nitrogens with one attached hydrogen (secondary N) is 1. The maximum Gasteiger partial charge on any atom is 0.0644 e. The van der Waals surface area contributed by atoms with Gasteiger partial charge in [-0.3, -0.25) is 16.6 Å². The van der Waals surface area contributed by atoms with Gasteiger partial charge in [0.15, 0.2) is 0 Å². The molecule has 0 spiro atoms. The maximum absolute atomic E-state index is 5.87. The van der Waals surface area contributed by atoms with Crippen molar-refractivity contribution < 1.29 is 0 Å². The van der Waals surface area contributed by atoms with Crippen LogP contribution < -0.4 is 17.1 Å². The first kappa shape index (κ1) is 17.6. The Balaban J connectivity index is 2.36. The zero-order chi connectivity index (χ0) is 15.0. The number of rotatable bonds is 10. The lowest BCUT2D eigenvalue weighted by Gasteiger charge is -2.25. The summed E-state index contributed by atoms with van der Waals surface area (Å²) in [4.78, 5) is 2.33. The van der Waals surface area contributed by atoms with Crippen LogP contribution in [-0.4, -0.2) is 54.9 Å². The van der Waals surface area contributed by atoms with Gasteiger partial charge in [-0.2, -0.15) is 5.12 Å². The fourth-order valence-electron chi connectivity index (χ4n) is 2.86. The minimum absolute atomic E-state index is 0.572. The molecule has 5 N–H and O–H groups in total. The van der Waals surface area contributed by atoms with Crippen LogP contribution in [0.5, 0.6) is 0 Å². The first-order valence-electron chi connectivity index (χ1n) is 7.57. The monoisotopic (exact) mass is 284 g/mol. The second-order valence-electron chi connectivity index (χ2n) is 5.86. The van der Waals surface area contributed by atoms with E-state index in [1.807, 2.05) is 18.1 Å². The molecule has 1 fully saturated rings. The Morgan fingerprint density at radius 2 is 2.25 bits per heavy atom. The smallest absolute Gasteiger partial charge is 0.0644 e. The molecular weight excluding hydrogens is 252 g/mol. The second kappa shape index (κ2) is 9.44. The van der Waals surface area contributed by atoms with Crippen molar-refractivity contribution in [3.63, 3.8) is 0 Å². The third-order valence-electron chi connectivity index (χ3n) is 4.14. The summed E-state index contributed by atoms with van der Waals surface area (Å²) in [5.74, 6) is 12.4. The van der Waals surface area contributed by atoms with Crippen LogP contribution in [0.4, 0.5) is 0 Å². The molecule has 0 aliphatic carbocycles. The molecule has 1 aliphatic rings. The Morgan fingerprint density at radius 3 is 2.80 bits per heavy atom. The van der Waals surface area contributed by atoms with E-state index in [0.29, 0.717) is 12.0 Å². The van der Waals surface area contributed by atoms with E-state index in [0.717, 1.165) is 26.2 Å². The average Bonchev–Trinajstić information content (AvgIpc) is 2.74. The van der Waals surface area contributed by atoms with Crippen molar-refractivity contribution in [3.8, 4) is 0 Å². The van der Waals surface area contributed by atoms with Crippen LogP contribution in [0.1, 0.15) is 32.1 Å². The molecule has 0 aromatic carbocycles. The van der Waals surface area contributed by atoms with E-state index in [1.54, 1.807) is 5.12 Å². The van der Waals surface area contributed by atoms with Gasteiger partial charge in [-0.1, -0.05) is 6.08 Å². The first-order chi connectivity index (χ1) is 9.56. The highest BCUT2D eigenvalue weighted by Crippen LogP contribution is 2.20. The number of nitrogens with zero attached hydrogens (tertiary/aromatic N) is 3. The molecule has 0 radical (unpaired) electrons. The molecule has 0 aromatic rings. The van der Waals surface area contributed by atoms with Crippen molar-refractivity contribution in [2.24, 2.45) is 17.6 Å². The Bertz CT molecular complexity index is 272. The summed E-state index contributed by atoms with van der Waals surface area (Å²) < 4.78 is 0. The summed E-state index contributed by atoms with van der Waals surface area (Å²) in [6.45, 7) is 6.51. The minimum atomic E-state index is 0.572. The molecule has 0 saturated carbocycles. The predicted molar refractivity (Wildman–Crippen MR) is 84.0 cm³/mol. The van der Waals surface area contributed by atoms with Crippen LogP contribution >= 0.6 is 0 Å². The lowest BCUT2D eigenvalue weighted by Crippen LogP contribution is -2.44. The Morgan fingerprint density at radius 1 is 1.50 bits per heavy atom. The topological polar surface area (TPSA) is 73.8 Å². The van der Waals surface area contributed by atoms with E-state index >= 15 is 0 Å². The molecule has 1 heterocycles. The fourth-order valence-corrected chi connectivity index (χ4v) is 2.86. The molecule has 1 saturated heterocycles. The van der Waals surface area contributed by atoms with Crippen molar-refractivity contribution in [1.82, 2.24) is 20.5 Å². The molecule has 2 unspecified atom stereocenters. The largest absolute Gasteiger partial charge is 0.288 e. The van der Waals surface area contributed by atoms with E-state index in [1.165, 1.54) is 25.7 Å². The number of likely N-dealkylation sites (N-methyl/N-ethyl adjacent to an activating group) is 1. The molecule has 1 rings (SSSR count). The summed E-state index contributed by atoms with van der Waals surface area (Å²) in [5, 5.41) is 3.58. The number of hydrogen-bond donors (Lipinski definition) is 3. The molecule has 0 bridgehead atoms. The molecule has 118 valence electrons. The van der Waals surface area contributed by atoms with Crippen LogP contribution in [0.2, 0.25) is 0 Å². The van der Waals surface area contributed by atoms with Crippen LogP contribution in [0, 0.1) is 5.92 Å². The van der Waals surface area contributed by atoms with Crippen molar-refractivity contribution in [1.29, 1.82) is 0 Å². The third kappa shape index (κ3) is 6.30. The van der Waals surface area contributed by atoms with E-state index in [2.05, 4.69) is 24.0 Å². The van der Waals surface area contributed by atoms with Gasteiger partial charge >= 0.3 is 0 Å². The van der Waals surface area contributed by atoms with Gasteiger partial charge in [-0.25, -0.2) is 10.4 Å². The number of hydrazine groups is 3. The maximum atomic E-state index is 5.87. The van der Waals surface area contributed by atoms with Gasteiger partial charge in [0.1, 0.15) is 0 Å². The molecular formula is C14H32N6. The Hall–Kier alpha value is -0.500. The van der Waals surface area contributed by atoms with Crippen LogP contribution in [-0.2, 0) is 0 Å². The number of allylic oxidation sites excluding steroid dienone is 1. The summed E-state index contributed by atoms with van der Waals surface area (Å²) in [6.07, 6.45) is 7.84.